The minimum absolute atomic E-state index is 0. The number of fused-ring (bicyclic) bond motifs is 8. The van der Waals surface area contributed by atoms with Gasteiger partial charge in [0.05, 0.1) is 45.5 Å². The average Bonchev–Trinajstić information content (AvgIpc) is 1.61. The van der Waals surface area contributed by atoms with Crippen molar-refractivity contribution in [2.45, 2.75) is 90.9 Å². The molecule has 0 N–H and O–H groups in total. The summed E-state index contributed by atoms with van der Waals surface area (Å²) in [5.41, 5.74) is 17.9. The van der Waals surface area contributed by atoms with Crippen LogP contribution < -0.4 is 24.3 Å². The predicted molar refractivity (Wildman–Crippen MR) is 333 cm³/mol. The zero-order valence-electron chi connectivity index (χ0n) is 48.0. The maximum absolute atomic E-state index is 6.83. The first-order valence-corrected chi connectivity index (χ1v) is 28.1. The Bertz CT molecular complexity index is 4100. The van der Waals surface area contributed by atoms with Gasteiger partial charge in [-0.2, -0.15) is 12.1 Å². The Morgan fingerprint density at radius 1 is 0.451 bits per heavy atom. The van der Waals surface area contributed by atoms with Gasteiger partial charge in [0.25, 0.3) is 0 Å². The van der Waals surface area contributed by atoms with E-state index in [0.717, 1.165) is 84.6 Å². The maximum atomic E-state index is 6.83. The summed E-state index contributed by atoms with van der Waals surface area (Å²) in [5.74, 6) is 2.76. The molecule has 0 bridgehead atoms. The van der Waals surface area contributed by atoms with E-state index in [2.05, 4.69) is 276 Å². The molecule has 3 aliphatic rings. The zero-order chi connectivity index (χ0) is 55.7. The van der Waals surface area contributed by atoms with E-state index in [-0.39, 0.29) is 42.7 Å². The van der Waals surface area contributed by atoms with E-state index in [1.807, 2.05) is 36.7 Å². The molecule has 11 aromatic rings. The number of ether oxygens (including phenoxy) is 1. The number of benzene rings is 8. The first-order chi connectivity index (χ1) is 39.0. The third-order valence-electron chi connectivity index (χ3n) is 17.0. The van der Waals surface area contributed by atoms with Crippen LogP contribution in [0.2, 0.25) is 0 Å². The van der Waals surface area contributed by atoms with Crippen LogP contribution in [0, 0.1) is 18.8 Å². The van der Waals surface area contributed by atoms with Crippen molar-refractivity contribution in [2.75, 3.05) is 19.6 Å². The van der Waals surface area contributed by atoms with E-state index in [4.69, 9.17) is 14.7 Å². The van der Waals surface area contributed by atoms with Crippen molar-refractivity contribution in [3.05, 3.63) is 253 Å². The maximum Gasteiger partial charge on any atom is 0.135 e. The molecule has 8 aromatic carbocycles. The number of rotatable bonds is 7. The summed E-state index contributed by atoms with van der Waals surface area (Å²) in [5, 5.41) is 2.20. The number of hydrogen-bond donors (Lipinski definition) is 0. The van der Waals surface area contributed by atoms with Crippen LogP contribution in [0.1, 0.15) is 103 Å². The third-order valence-corrected chi connectivity index (χ3v) is 17.0. The van der Waals surface area contributed by atoms with Gasteiger partial charge in [-0.05, 0) is 116 Å². The molecule has 410 valence electrons. The average molecular weight is 1250 g/mol. The first kappa shape index (κ1) is 52.9. The van der Waals surface area contributed by atoms with Gasteiger partial charge < -0.3 is 28.9 Å². The van der Waals surface area contributed by atoms with Gasteiger partial charge in [-0.15, -0.1) is 48.1 Å². The SMILES string of the molecule is CC(C)(C)c1ccnc(-n2c3[c-]c(Oc4[c-]c(N5[CH-]N(c6c(N7c8ccccc8C(C)(C)c8ccccc87)cc(C(C)(C)C)cc6N6c7ccccc7C(C)(C)c7ccccc76)c6ncccc65)ccc4)ccc3c3ccccc32)c1.[Pt]. The van der Waals surface area contributed by atoms with Crippen LogP contribution >= 0.6 is 0 Å². The van der Waals surface area contributed by atoms with Gasteiger partial charge in [0.1, 0.15) is 11.6 Å². The van der Waals surface area contributed by atoms with Crippen molar-refractivity contribution in [1.29, 1.82) is 0 Å². The number of hydrogen-bond acceptors (Lipinski definition) is 7. The Kier molecular flexibility index (Phi) is 12.5. The van der Waals surface area contributed by atoms with Crippen molar-refractivity contribution in [3.63, 3.8) is 0 Å². The Labute approximate surface area is 496 Å². The van der Waals surface area contributed by atoms with E-state index in [0.29, 0.717) is 11.5 Å². The molecule has 3 aromatic heterocycles. The van der Waals surface area contributed by atoms with E-state index in [1.54, 1.807) is 0 Å². The molecule has 0 radical (unpaired) electrons. The summed E-state index contributed by atoms with van der Waals surface area (Å²) >= 11 is 0. The van der Waals surface area contributed by atoms with Crippen molar-refractivity contribution in [2.24, 2.45) is 0 Å². The van der Waals surface area contributed by atoms with Crippen LogP contribution in [0.25, 0.3) is 27.6 Å². The summed E-state index contributed by atoms with van der Waals surface area (Å²) in [6, 6.07) is 75.2. The smallest absolute Gasteiger partial charge is 0.135 e. The Balaban J connectivity index is 0.00000631. The fraction of sp³-hybridized carbons (Fsp3) is 0.192. The van der Waals surface area contributed by atoms with E-state index in [9.17, 15) is 0 Å². The number of nitrogens with zero attached hydrogens (tertiary/aromatic N) is 7. The summed E-state index contributed by atoms with van der Waals surface area (Å²) in [6.45, 7) is 25.3. The van der Waals surface area contributed by atoms with Crippen molar-refractivity contribution in [1.82, 2.24) is 14.5 Å². The number of para-hydroxylation sites is 5. The molecule has 0 aliphatic carbocycles. The largest absolute Gasteiger partial charge is 0.509 e. The second-order valence-corrected chi connectivity index (χ2v) is 24.9. The molecule has 9 heteroatoms. The monoisotopic (exact) mass is 1250 g/mol. The summed E-state index contributed by atoms with van der Waals surface area (Å²) in [7, 11) is 0. The first-order valence-electron chi connectivity index (χ1n) is 28.1. The van der Waals surface area contributed by atoms with Gasteiger partial charge in [0, 0.05) is 61.3 Å². The molecule has 0 spiro atoms. The molecule has 3 aliphatic heterocycles. The summed E-state index contributed by atoms with van der Waals surface area (Å²) < 4.78 is 9.03. The molecule has 0 saturated carbocycles. The number of anilines is 10. The van der Waals surface area contributed by atoms with Crippen molar-refractivity contribution in [3.8, 4) is 17.3 Å². The topological polar surface area (TPSA) is 52.9 Å². The van der Waals surface area contributed by atoms with Gasteiger partial charge in [0.2, 0.25) is 0 Å². The van der Waals surface area contributed by atoms with Crippen LogP contribution in [-0.2, 0) is 42.7 Å². The van der Waals surface area contributed by atoms with Crippen LogP contribution in [-0.4, -0.2) is 14.5 Å². The van der Waals surface area contributed by atoms with Gasteiger partial charge in [-0.25, -0.2) is 9.97 Å². The molecule has 6 heterocycles. The Morgan fingerprint density at radius 2 is 0.976 bits per heavy atom. The second kappa shape index (κ2) is 19.3. The number of aromatic nitrogens is 3. The third kappa shape index (κ3) is 8.35. The molecular formula is C73H64N7OPt-3. The summed E-state index contributed by atoms with van der Waals surface area (Å²) in [4.78, 5) is 19.8. The van der Waals surface area contributed by atoms with Crippen LogP contribution in [0.3, 0.4) is 0 Å². The van der Waals surface area contributed by atoms with E-state index >= 15 is 0 Å². The van der Waals surface area contributed by atoms with Crippen LogP contribution in [0.5, 0.6) is 11.5 Å². The molecule has 14 rings (SSSR count). The molecule has 0 unspecified atom stereocenters. The normalized spacial score (nSPS) is 14.9. The van der Waals surface area contributed by atoms with Crippen molar-refractivity contribution >= 4 is 78.8 Å². The summed E-state index contributed by atoms with van der Waals surface area (Å²) in [6.07, 6.45) is 3.81. The minimum Gasteiger partial charge on any atom is -0.509 e. The van der Waals surface area contributed by atoms with Gasteiger partial charge >= 0.3 is 0 Å². The number of pyridine rings is 2. The van der Waals surface area contributed by atoms with E-state index in [1.165, 1.54) is 33.4 Å². The van der Waals surface area contributed by atoms with Crippen LogP contribution in [0.15, 0.2) is 200 Å². The molecule has 82 heavy (non-hydrogen) atoms. The van der Waals surface area contributed by atoms with Gasteiger partial charge in [-0.3, -0.25) is 0 Å². The standard InChI is InChI=1S/C73H64N7O.Pt/c1-70(2,3)47-38-40-74-67(43-47)80-58-30-16-11-25-52(58)53-37-36-51(45-64(53)80)81-50-24-21-23-49(44-50)76-46-77(69-63(76)35-22-39-75-69)68-65(78-59-31-17-12-26-54(59)72(7,8)55-27-13-18-32-60(55)78)41-48(71(4,5)6)42-66(68)79-61-33-19-14-28-56(61)73(9,10)57-29-15-20-34-62(57)79;/h11-43,46H,1-10H3;/q-3;. The molecule has 0 amide bonds. The van der Waals surface area contributed by atoms with Crippen molar-refractivity contribution < 1.29 is 25.8 Å². The fourth-order valence-corrected chi connectivity index (χ4v) is 12.8. The van der Waals surface area contributed by atoms with Crippen LogP contribution in [0.4, 0.5) is 57.0 Å². The minimum atomic E-state index is -0.268. The predicted octanol–water partition coefficient (Wildman–Crippen LogP) is 19.2. The second-order valence-electron chi connectivity index (χ2n) is 24.9. The van der Waals surface area contributed by atoms with E-state index < -0.39 is 0 Å². The fourth-order valence-electron chi connectivity index (χ4n) is 12.8. The molecule has 0 saturated heterocycles. The molecule has 8 nitrogen and oxygen atoms in total. The van der Waals surface area contributed by atoms with Gasteiger partial charge in [-0.1, -0.05) is 166 Å². The Morgan fingerprint density at radius 3 is 1.55 bits per heavy atom. The molecule has 0 atom stereocenters. The quantitative estimate of drug-likeness (QED) is 0.147. The molecular weight excluding hydrogens is 1190 g/mol. The molecule has 0 fully saturated rings. The Hall–Kier alpha value is -8.45. The van der Waals surface area contributed by atoms with Gasteiger partial charge in [0.15, 0.2) is 0 Å². The zero-order valence-corrected chi connectivity index (χ0v) is 50.3.